The summed E-state index contributed by atoms with van der Waals surface area (Å²) in [6.07, 6.45) is 0.222. The third-order valence-electron chi connectivity index (χ3n) is 2.77. The molecule has 1 saturated heterocycles. The highest BCUT2D eigenvalue weighted by molar-refractivity contribution is 7.99. The highest BCUT2D eigenvalue weighted by Crippen LogP contribution is 2.22. The van der Waals surface area contributed by atoms with Crippen LogP contribution < -0.4 is 5.73 Å². The third-order valence-corrected chi connectivity index (χ3v) is 3.82. The predicted octanol–water partition coefficient (Wildman–Crippen LogP) is 1.11. The van der Waals surface area contributed by atoms with Gasteiger partial charge in [-0.25, -0.2) is 0 Å². The molecule has 5 nitrogen and oxygen atoms in total. The zero-order valence-electron chi connectivity index (χ0n) is 10.5. The van der Waals surface area contributed by atoms with Crippen LogP contribution in [0.3, 0.4) is 0 Å². The molecule has 1 fully saturated rings. The predicted molar refractivity (Wildman–Crippen MR) is 72.2 cm³/mol. The van der Waals surface area contributed by atoms with Crippen LogP contribution in [0.1, 0.15) is 5.56 Å². The lowest BCUT2D eigenvalue weighted by atomic mass is 10.1. The number of benzene rings is 1. The minimum atomic E-state index is -0.978. The molecule has 0 radical (unpaired) electrons. The van der Waals surface area contributed by atoms with Gasteiger partial charge in [-0.15, -0.1) is 11.8 Å². The number of ether oxygens (including phenoxy) is 2. The van der Waals surface area contributed by atoms with Gasteiger partial charge in [0.05, 0.1) is 13.2 Å². The molecule has 19 heavy (non-hydrogen) atoms. The Balaban J connectivity index is 1.82. The Morgan fingerprint density at radius 2 is 2.00 bits per heavy atom. The Morgan fingerprint density at radius 3 is 2.58 bits per heavy atom. The Kier molecular flexibility index (Phi) is 5.21. The van der Waals surface area contributed by atoms with Crippen LogP contribution in [0.4, 0.5) is 0 Å². The smallest absolute Gasteiger partial charge is 0.320 e. The maximum absolute atomic E-state index is 10.7. The molecule has 1 aliphatic heterocycles. The highest BCUT2D eigenvalue weighted by atomic mass is 32.2. The molecule has 2 rings (SSSR count). The molecule has 6 heteroatoms. The van der Waals surface area contributed by atoms with Crippen LogP contribution in [-0.4, -0.2) is 42.4 Å². The normalized spacial score (nSPS) is 17.5. The van der Waals surface area contributed by atoms with Crippen LogP contribution in [0.15, 0.2) is 29.2 Å². The van der Waals surface area contributed by atoms with Crippen molar-refractivity contribution < 1.29 is 19.4 Å². The average molecular weight is 283 g/mol. The van der Waals surface area contributed by atoms with Gasteiger partial charge in [0.15, 0.2) is 6.29 Å². The van der Waals surface area contributed by atoms with Gasteiger partial charge in [0.25, 0.3) is 0 Å². The maximum atomic E-state index is 10.7. The fraction of sp³-hybridized carbons (Fsp3) is 0.462. The first-order valence-electron chi connectivity index (χ1n) is 6.08. The molecular formula is C13H17NO4S. The number of thioether (sulfide) groups is 1. The van der Waals surface area contributed by atoms with Gasteiger partial charge >= 0.3 is 5.97 Å². The van der Waals surface area contributed by atoms with Crippen molar-refractivity contribution in [2.24, 2.45) is 5.73 Å². The van der Waals surface area contributed by atoms with Crippen LogP contribution in [-0.2, 0) is 20.7 Å². The Bertz CT molecular complexity index is 417. The van der Waals surface area contributed by atoms with E-state index in [2.05, 4.69) is 0 Å². The molecule has 0 spiro atoms. The Hall–Kier alpha value is -1.08. The first kappa shape index (κ1) is 14.3. The van der Waals surface area contributed by atoms with Crippen LogP contribution in [0.5, 0.6) is 0 Å². The SMILES string of the molecule is NC(Cc1ccc(SCC2OCCO2)cc1)C(=O)O. The summed E-state index contributed by atoms with van der Waals surface area (Å²) in [5.74, 6) is -0.220. The molecule has 1 aromatic carbocycles. The lowest BCUT2D eigenvalue weighted by Crippen LogP contribution is -2.32. The Labute approximate surface area is 116 Å². The molecule has 0 bridgehead atoms. The number of carbonyl (C=O) groups is 1. The largest absolute Gasteiger partial charge is 0.480 e. The van der Waals surface area contributed by atoms with Crippen molar-refractivity contribution in [3.8, 4) is 0 Å². The van der Waals surface area contributed by atoms with Crippen molar-refractivity contribution in [3.63, 3.8) is 0 Å². The number of hydrogen-bond donors (Lipinski definition) is 2. The minimum Gasteiger partial charge on any atom is -0.480 e. The van der Waals surface area contributed by atoms with Crippen molar-refractivity contribution in [3.05, 3.63) is 29.8 Å². The zero-order valence-corrected chi connectivity index (χ0v) is 11.3. The summed E-state index contributed by atoms with van der Waals surface area (Å²) in [6, 6.07) is 6.88. The summed E-state index contributed by atoms with van der Waals surface area (Å²) in [5.41, 5.74) is 6.41. The lowest BCUT2D eigenvalue weighted by molar-refractivity contribution is -0.138. The van der Waals surface area contributed by atoms with Gasteiger partial charge in [0.1, 0.15) is 6.04 Å². The molecule has 0 amide bonds. The van der Waals surface area contributed by atoms with Gasteiger partial charge in [0, 0.05) is 10.6 Å². The van der Waals surface area contributed by atoms with Crippen molar-refractivity contribution >= 4 is 17.7 Å². The van der Waals surface area contributed by atoms with Gasteiger partial charge < -0.3 is 20.3 Å². The number of aliphatic carboxylic acids is 1. The second-order valence-electron chi connectivity index (χ2n) is 4.27. The molecule has 0 aromatic heterocycles. The van der Waals surface area contributed by atoms with Crippen LogP contribution in [0.25, 0.3) is 0 Å². The van der Waals surface area contributed by atoms with Crippen molar-refractivity contribution in [1.29, 1.82) is 0 Å². The topological polar surface area (TPSA) is 81.8 Å². The lowest BCUT2D eigenvalue weighted by Gasteiger charge is -2.09. The summed E-state index contributed by atoms with van der Waals surface area (Å²) in [7, 11) is 0. The van der Waals surface area contributed by atoms with Gasteiger partial charge in [-0.05, 0) is 24.1 Å². The number of nitrogens with two attached hydrogens (primary N) is 1. The van der Waals surface area contributed by atoms with E-state index in [1.54, 1.807) is 11.8 Å². The van der Waals surface area contributed by atoms with Gasteiger partial charge in [-0.3, -0.25) is 4.79 Å². The van der Waals surface area contributed by atoms with E-state index < -0.39 is 12.0 Å². The first-order valence-corrected chi connectivity index (χ1v) is 7.07. The van der Waals surface area contributed by atoms with Crippen LogP contribution in [0, 0.1) is 0 Å². The maximum Gasteiger partial charge on any atom is 0.320 e. The molecular weight excluding hydrogens is 266 g/mol. The highest BCUT2D eigenvalue weighted by Gasteiger charge is 2.16. The molecule has 0 aliphatic carbocycles. The van der Waals surface area contributed by atoms with E-state index in [-0.39, 0.29) is 6.29 Å². The third kappa shape index (κ3) is 4.50. The van der Waals surface area contributed by atoms with Crippen LogP contribution in [0.2, 0.25) is 0 Å². The van der Waals surface area contributed by atoms with Gasteiger partial charge in [-0.1, -0.05) is 12.1 Å². The summed E-state index contributed by atoms with van der Waals surface area (Å²) in [5, 5.41) is 8.75. The van der Waals surface area contributed by atoms with E-state index in [9.17, 15) is 4.79 Å². The van der Waals surface area contributed by atoms with Gasteiger partial charge in [-0.2, -0.15) is 0 Å². The molecule has 1 heterocycles. The number of carboxylic acids is 1. The Morgan fingerprint density at radius 1 is 1.37 bits per heavy atom. The molecule has 1 aliphatic rings. The number of carboxylic acid groups (broad SMARTS) is 1. The van der Waals surface area contributed by atoms with E-state index in [1.165, 1.54) is 0 Å². The number of rotatable bonds is 6. The zero-order chi connectivity index (χ0) is 13.7. The van der Waals surface area contributed by atoms with E-state index in [1.807, 2.05) is 24.3 Å². The van der Waals surface area contributed by atoms with E-state index >= 15 is 0 Å². The van der Waals surface area contributed by atoms with Gasteiger partial charge in [0.2, 0.25) is 0 Å². The molecule has 1 unspecified atom stereocenters. The van der Waals surface area contributed by atoms with E-state index in [0.717, 1.165) is 16.2 Å². The average Bonchev–Trinajstić information content (AvgIpc) is 2.91. The molecule has 3 N–H and O–H groups in total. The van der Waals surface area contributed by atoms with Crippen LogP contribution >= 0.6 is 11.8 Å². The fourth-order valence-electron chi connectivity index (χ4n) is 1.73. The van der Waals surface area contributed by atoms with Crippen molar-refractivity contribution in [2.45, 2.75) is 23.6 Å². The first-order chi connectivity index (χ1) is 9.15. The minimum absolute atomic E-state index is 0.120. The second-order valence-corrected chi connectivity index (χ2v) is 5.37. The summed E-state index contributed by atoms with van der Waals surface area (Å²) in [4.78, 5) is 11.8. The van der Waals surface area contributed by atoms with Crippen molar-refractivity contribution in [1.82, 2.24) is 0 Å². The quantitative estimate of drug-likeness (QED) is 0.761. The second kappa shape index (κ2) is 6.91. The summed E-state index contributed by atoms with van der Waals surface area (Å²) < 4.78 is 10.7. The standard InChI is InChI=1S/C13H17NO4S/c14-11(13(15)16)7-9-1-3-10(4-2-9)19-8-12-17-5-6-18-12/h1-4,11-12H,5-8,14H2,(H,15,16). The summed E-state index contributed by atoms with van der Waals surface area (Å²) >= 11 is 1.65. The molecule has 1 aromatic rings. The fourth-order valence-corrected chi connectivity index (χ4v) is 2.58. The molecule has 0 saturated carbocycles. The molecule has 104 valence electrons. The van der Waals surface area contributed by atoms with Crippen molar-refractivity contribution in [2.75, 3.05) is 19.0 Å². The number of hydrogen-bond acceptors (Lipinski definition) is 5. The van der Waals surface area contributed by atoms with E-state index in [4.69, 9.17) is 20.3 Å². The monoisotopic (exact) mass is 283 g/mol. The summed E-state index contributed by atoms with van der Waals surface area (Å²) in [6.45, 7) is 1.33. The molecule has 1 atom stereocenters. The van der Waals surface area contributed by atoms with E-state index in [0.29, 0.717) is 19.6 Å².